The van der Waals surface area contributed by atoms with Crippen LogP contribution in [0.25, 0.3) is 0 Å². The highest BCUT2D eigenvalue weighted by molar-refractivity contribution is 6.33. The minimum absolute atomic E-state index is 0.00741. The van der Waals surface area contributed by atoms with Gasteiger partial charge in [0.15, 0.2) is 6.29 Å². The van der Waals surface area contributed by atoms with Crippen molar-refractivity contribution in [2.75, 3.05) is 0 Å². The van der Waals surface area contributed by atoms with E-state index >= 15 is 0 Å². The molecule has 0 radical (unpaired) electrons. The molecule has 0 atom stereocenters. The van der Waals surface area contributed by atoms with Crippen LogP contribution in [-0.2, 0) is 0 Å². The van der Waals surface area contributed by atoms with E-state index in [-0.39, 0.29) is 6.10 Å². The van der Waals surface area contributed by atoms with Gasteiger partial charge in [0.05, 0.1) is 16.7 Å². The fourth-order valence-corrected chi connectivity index (χ4v) is 1.33. The maximum atomic E-state index is 10.7. The molecule has 1 aromatic carbocycles. The van der Waals surface area contributed by atoms with Gasteiger partial charge in [0.2, 0.25) is 0 Å². The minimum atomic E-state index is 0.00741. The summed E-state index contributed by atoms with van der Waals surface area (Å²) in [7, 11) is 0. The van der Waals surface area contributed by atoms with Gasteiger partial charge in [-0.05, 0) is 32.4 Å². The monoisotopic (exact) mass is 212 g/mol. The van der Waals surface area contributed by atoms with E-state index in [9.17, 15) is 4.79 Å². The molecule has 0 aromatic heterocycles. The third kappa shape index (κ3) is 2.26. The molecular weight excluding hydrogens is 200 g/mol. The number of hydrogen-bond donors (Lipinski definition) is 0. The first kappa shape index (κ1) is 11.1. The zero-order valence-electron chi connectivity index (χ0n) is 8.50. The second-order valence-electron chi connectivity index (χ2n) is 3.40. The van der Waals surface area contributed by atoms with Crippen molar-refractivity contribution in [1.29, 1.82) is 0 Å². The van der Waals surface area contributed by atoms with Gasteiger partial charge in [-0.2, -0.15) is 0 Å². The van der Waals surface area contributed by atoms with Crippen LogP contribution in [-0.4, -0.2) is 12.4 Å². The van der Waals surface area contributed by atoms with E-state index in [1.54, 1.807) is 12.1 Å². The molecule has 0 amide bonds. The van der Waals surface area contributed by atoms with Crippen LogP contribution < -0.4 is 4.74 Å². The molecule has 0 saturated carbocycles. The predicted molar refractivity (Wildman–Crippen MR) is 57.3 cm³/mol. The number of ether oxygens (including phenoxy) is 1. The summed E-state index contributed by atoms with van der Waals surface area (Å²) in [5.74, 6) is 0.483. The molecule has 14 heavy (non-hydrogen) atoms. The van der Waals surface area contributed by atoms with Gasteiger partial charge in [-0.25, -0.2) is 0 Å². The molecule has 1 aromatic rings. The summed E-state index contributed by atoms with van der Waals surface area (Å²) in [5, 5.41) is 0.517. The zero-order valence-corrected chi connectivity index (χ0v) is 9.26. The van der Waals surface area contributed by atoms with Gasteiger partial charge in [0, 0.05) is 0 Å². The molecule has 0 fully saturated rings. The van der Waals surface area contributed by atoms with E-state index in [1.807, 2.05) is 20.8 Å². The fraction of sp³-hybridized carbons (Fsp3) is 0.364. The normalized spacial score (nSPS) is 10.4. The Kier molecular flexibility index (Phi) is 3.53. The van der Waals surface area contributed by atoms with Crippen LogP contribution in [0.2, 0.25) is 5.02 Å². The number of carbonyl (C=O) groups is 1. The quantitative estimate of drug-likeness (QED) is 0.719. The summed E-state index contributed by atoms with van der Waals surface area (Å²) in [5.41, 5.74) is 1.40. The average molecular weight is 213 g/mol. The third-order valence-electron chi connectivity index (χ3n) is 1.80. The van der Waals surface area contributed by atoms with E-state index in [2.05, 4.69) is 0 Å². The second kappa shape index (κ2) is 4.47. The molecule has 1 rings (SSSR count). The van der Waals surface area contributed by atoms with E-state index in [1.165, 1.54) is 0 Å². The lowest BCUT2D eigenvalue weighted by Gasteiger charge is -2.14. The van der Waals surface area contributed by atoms with Gasteiger partial charge in [-0.1, -0.05) is 17.7 Å². The maximum Gasteiger partial charge on any atom is 0.153 e. The van der Waals surface area contributed by atoms with Gasteiger partial charge in [-0.15, -0.1) is 0 Å². The van der Waals surface area contributed by atoms with Crippen LogP contribution in [0.3, 0.4) is 0 Å². The summed E-state index contributed by atoms with van der Waals surface area (Å²) in [4.78, 5) is 10.7. The van der Waals surface area contributed by atoms with E-state index in [0.29, 0.717) is 16.3 Å². The Morgan fingerprint density at radius 1 is 1.43 bits per heavy atom. The van der Waals surface area contributed by atoms with Crippen molar-refractivity contribution in [3.63, 3.8) is 0 Å². The molecule has 0 spiro atoms. The first-order chi connectivity index (χ1) is 6.56. The molecule has 0 aliphatic heterocycles. The minimum Gasteiger partial charge on any atom is -0.489 e. The summed E-state index contributed by atoms with van der Waals surface area (Å²) < 4.78 is 5.48. The number of halogens is 1. The first-order valence-corrected chi connectivity index (χ1v) is 4.85. The van der Waals surface area contributed by atoms with Crippen molar-refractivity contribution in [2.45, 2.75) is 26.9 Å². The molecular formula is C11H13ClO2. The van der Waals surface area contributed by atoms with E-state index < -0.39 is 0 Å². The molecule has 76 valence electrons. The Hall–Kier alpha value is -1.02. The van der Waals surface area contributed by atoms with Gasteiger partial charge in [0.25, 0.3) is 0 Å². The SMILES string of the molecule is Cc1ccc(C=O)c(OC(C)C)c1Cl. The molecule has 0 saturated heterocycles. The molecule has 3 heteroatoms. The van der Waals surface area contributed by atoms with Crippen molar-refractivity contribution in [3.8, 4) is 5.75 Å². The van der Waals surface area contributed by atoms with Gasteiger partial charge in [-0.3, -0.25) is 4.79 Å². The Labute approximate surface area is 88.8 Å². The highest BCUT2D eigenvalue weighted by atomic mass is 35.5. The molecule has 0 unspecified atom stereocenters. The molecule has 2 nitrogen and oxygen atoms in total. The molecule has 0 aliphatic carbocycles. The van der Waals surface area contributed by atoms with Gasteiger partial charge >= 0.3 is 0 Å². The molecule has 0 heterocycles. The number of carbonyl (C=O) groups excluding carboxylic acids is 1. The first-order valence-electron chi connectivity index (χ1n) is 4.47. The van der Waals surface area contributed by atoms with Crippen molar-refractivity contribution in [3.05, 3.63) is 28.3 Å². The van der Waals surface area contributed by atoms with Gasteiger partial charge < -0.3 is 4.74 Å². The Bertz CT molecular complexity index is 345. The lowest BCUT2D eigenvalue weighted by molar-refractivity contribution is 0.111. The predicted octanol–water partition coefficient (Wildman–Crippen LogP) is 3.25. The number of aryl methyl sites for hydroxylation is 1. The van der Waals surface area contributed by atoms with Gasteiger partial charge in [0.1, 0.15) is 5.75 Å². The highest BCUT2D eigenvalue weighted by Crippen LogP contribution is 2.31. The van der Waals surface area contributed by atoms with Crippen molar-refractivity contribution < 1.29 is 9.53 Å². The number of hydrogen-bond acceptors (Lipinski definition) is 2. The zero-order chi connectivity index (χ0) is 10.7. The summed E-state index contributed by atoms with van der Waals surface area (Å²) in [6.07, 6.45) is 0.760. The van der Waals surface area contributed by atoms with Crippen molar-refractivity contribution >= 4 is 17.9 Å². The van der Waals surface area contributed by atoms with Crippen LogP contribution in [0.1, 0.15) is 29.8 Å². The summed E-state index contributed by atoms with van der Waals surface area (Å²) >= 11 is 6.04. The number of aldehydes is 1. The Balaban J connectivity index is 3.20. The van der Waals surface area contributed by atoms with E-state index in [0.717, 1.165) is 11.8 Å². The largest absolute Gasteiger partial charge is 0.489 e. The Morgan fingerprint density at radius 2 is 2.07 bits per heavy atom. The van der Waals surface area contributed by atoms with Crippen molar-refractivity contribution in [1.82, 2.24) is 0 Å². The molecule has 0 N–H and O–H groups in total. The standard InChI is InChI=1S/C11H13ClO2/c1-7(2)14-11-9(6-13)5-4-8(3)10(11)12/h4-7H,1-3H3. The lowest BCUT2D eigenvalue weighted by Crippen LogP contribution is -2.08. The number of benzene rings is 1. The van der Waals surface area contributed by atoms with Crippen molar-refractivity contribution in [2.24, 2.45) is 0 Å². The van der Waals surface area contributed by atoms with Crippen LogP contribution in [0.4, 0.5) is 0 Å². The fourth-order valence-electron chi connectivity index (χ4n) is 1.12. The smallest absolute Gasteiger partial charge is 0.153 e. The van der Waals surface area contributed by atoms with Crippen LogP contribution in [0.15, 0.2) is 12.1 Å². The summed E-state index contributed by atoms with van der Waals surface area (Å²) in [6.45, 7) is 5.67. The topological polar surface area (TPSA) is 26.3 Å². The Morgan fingerprint density at radius 3 is 2.57 bits per heavy atom. The third-order valence-corrected chi connectivity index (χ3v) is 2.27. The molecule has 0 bridgehead atoms. The number of rotatable bonds is 3. The van der Waals surface area contributed by atoms with Crippen LogP contribution >= 0.6 is 11.6 Å². The highest BCUT2D eigenvalue weighted by Gasteiger charge is 2.11. The maximum absolute atomic E-state index is 10.7. The second-order valence-corrected chi connectivity index (χ2v) is 3.78. The summed E-state index contributed by atoms with van der Waals surface area (Å²) in [6, 6.07) is 3.52. The van der Waals surface area contributed by atoms with Crippen LogP contribution in [0.5, 0.6) is 5.75 Å². The average Bonchev–Trinajstić information content (AvgIpc) is 2.13. The molecule has 0 aliphatic rings. The van der Waals surface area contributed by atoms with Crippen LogP contribution in [0, 0.1) is 6.92 Å². The van der Waals surface area contributed by atoms with E-state index in [4.69, 9.17) is 16.3 Å². The lowest BCUT2D eigenvalue weighted by atomic mass is 10.1.